The minimum atomic E-state index is -4.00. The molecule has 1 amide bonds. The number of carbonyl (C=O) groups excluding carboxylic acids is 1. The van der Waals surface area contributed by atoms with E-state index in [-0.39, 0.29) is 17.5 Å². The first-order chi connectivity index (χ1) is 15.6. The molecule has 174 valence electrons. The second kappa shape index (κ2) is 10.4. The van der Waals surface area contributed by atoms with Gasteiger partial charge in [0, 0.05) is 5.02 Å². The summed E-state index contributed by atoms with van der Waals surface area (Å²) < 4.78 is 28.3. The van der Waals surface area contributed by atoms with Crippen LogP contribution in [0.25, 0.3) is 0 Å². The van der Waals surface area contributed by atoms with E-state index >= 15 is 0 Å². The van der Waals surface area contributed by atoms with E-state index < -0.39 is 15.9 Å². The van der Waals surface area contributed by atoms with Gasteiger partial charge in [-0.1, -0.05) is 66.6 Å². The Kier molecular flexibility index (Phi) is 7.82. The quantitative estimate of drug-likeness (QED) is 0.453. The standard InChI is InChI=1S/C26H29ClN2O3S/c1-5-21-9-11-22(12-10-21)20(4)28-26(30)17-29(25-16-23(27)13-8-19(25)3)33(31,32)24-14-6-18(2)7-15-24/h6-16,20H,5,17H2,1-4H3,(H,28,30). The van der Waals surface area contributed by atoms with Crippen molar-refractivity contribution >= 4 is 33.2 Å². The van der Waals surface area contributed by atoms with E-state index in [1.54, 1.807) is 49.4 Å². The van der Waals surface area contributed by atoms with Crippen LogP contribution in [-0.2, 0) is 21.2 Å². The Morgan fingerprint density at radius 1 is 1.00 bits per heavy atom. The summed E-state index contributed by atoms with van der Waals surface area (Å²) in [6.07, 6.45) is 0.936. The van der Waals surface area contributed by atoms with Gasteiger partial charge in [-0.15, -0.1) is 0 Å². The van der Waals surface area contributed by atoms with Gasteiger partial charge in [0.05, 0.1) is 16.6 Å². The molecule has 0 radical (unpaired) electrons. The van der Waals surface area contributed by atoms with E-state index in [2.05, 4.69) is 12.2 Å². The number of halogens is 1. The normalized spacial score (nSPS) is 12.3. The van der Waals surface area contributed by atoms with Crippen molar-refractivity contribution in [3.8, 4) is 0 Å². The molecule has 0 bridgehead atoms. The highest BCUT2D eigenvalue weighted by molar-refractivity contribution is 7.92. The fourth-order valence-electron chi connectivity index (χ4n) is 3.53. The zero-order valence-corrected chi connectivity index (χ0v) is 20.9. The SMILES string of the molecule is CCc1ccc(C(C)NC(=O)CN(c2cc(Cl)ccc2C)S(=O)(=O)c2ccc(C)cc2)cc1. The van der Waals surface area contributed by atoms with E-state index in [9.17, 15) is 13.2 Å². The molecule has 0 heterocycles. The summed E-state index contributed by atoms with van der Waals surface area (Å²) in [5.74, 6) is -0.405. The summed E-state index contributed by atoms with van der Waals surface area (Å²) >= 11 is 6.18. The minimum Gasteiger partial charge on any atom is -0.348 e. The largest absolute Gasteiger partial charge is 0.348 e. The van der Waals surface area contributed by atoms with Gasteiger partial charge in [0.2, 0.25) is 5.91 Å². The van der Waals surface area contributed by atoms with Crippen LogP contribution in [0.4, 0.5) is 5.69 Å². The van der Waals surface area contributed by atoms with Crippen LogP contribution in [0.2, 0.25) is 5.02 Å². The fourth-order valence-corrected chi connectivity index (χ4v) is 5.17. The van der Waals surface area contributed by atoms with Gasteiger partial charge < -0.3 is 5.32 Å². The van der Waals surface area contributed by atoms with Crippen LogP contribution in [0.5, 0.6) is 0 Å². The number of amides is 1. The average molecular weight is 485 g/mol. The van der Waals surface area contributed by atoms with Crippen molar-refractivity contribution in [3.05, 3.63) is 94.0 Å². The van der Waals surface area contributed by atoms with E-state index in [0.29, 0.717) is 16.3 Å². The Morgan fingerprint density at radius 3 is 2.24 bits per heavy atom. The Balaban J connectivity index is 1.91. The zero-order chi connectivity index (χ0) is 24.2. The van der Waals surface area contributed by atoms with Gasteiger partial charge in [0.1, 0.15) is 6.54 Å². The first-order valence-corrected chi connectivity index (χ1v) is 12.7. The monoisotopic (exact) mass is 484 g/mol. The van der Waals surface area contributed by atoms with Gasteiger partial charge in [0.25, 0.3) is 10.0 Å². The molecule has 3 aromatic rings. The summed E-state index contributed by atoms with van der Waals surface area (Å²) in [6, 6.07) is 19.3. The number of aryl methyl sites for hydroxylation is 3. The van der Waals surface area contributed by atoms with Gasteiger partial charge in [-0.25, -0.2) is 8.42 Å². The molecular formula is C26H29ClN2O3S. The highest BCUT2D eigenvalue weighted by Gasteiger charge is 2.29. The molecule has 5 nitrogen and oxygen atoms in total. The van der Waals surface area contributed by atoms with Crippen LogP contribution >= 0.6 is 11.6 Å². The zero-order valence-electron chi connectivity index (χ0n) is 19.3. The molecule has 33 heavy (non-hydrogen) atoms. The molecule has 1 unspecified atom stereocenters. The Labute approximate surface area is 201 Å². The minimum absolute atomic E-state index is 0.114. The molecule has 7 heteroatoms. The van der Waals surface area contributed by atoms with Crippen LogP contribution in [0.1, 0.15) is 42.1 Å². The molecule has 0 aliphatic rings. The molecule has 0 aliphatic carbocycles. The van der Waals surface area contributed by atoms with Gasteiger partial charge in [-0.05, 0) is 68.1 Å². The Hall–Kier alpha value is -2.83. The average Bonchev–Trinajstić information content (AvgIpc) is 2.79. The van der Waals surface area contributed by atoms with Crippen LogP contribution in [0.3, 0.4) is 0 Å². The number of benzene rings is 3. The molecule has 0 saturated heterocycles. The molecule has 0 aromatic heterocycles. The molecule has 0 fully saturated rings. The number of hydrogen-bond donors (Lipinski definition) is 1. The lowest BCUT2D eigenvalue weighted by Gasteiger charge is -2.26. The van der Waals surface area contributed by atoms with Crippen molar-refractivity contribution in [2.24, 2.45) is 0 Å². The summed E-state index contributed by atoms with van der Waals surface area (Å²) in [6.45, 7) is 7.27. The maximum absolute atomic E-state index is 13.6. The van der Waals surface area contributed by atoms with Crippen LogP contribution in [0, 0.1) is 13.8 Å². The smallest absolute Gasteiger partial charge is 0.264 e. The summed E-state index contributed by atoms with van der Waals surface area (Å²) in [4.78, 5) is 13.1. The van der Waals surface area contributed by atoms with Crippen LogP contribution in [0.15, 0.2) is 71.6 Å². The van der Waals surface area contributed by atoms with E-state index in [1.165, 1.54) is 5.56 Å². The maximum atomic E-state index is 13.6. The molecule has 0 aliphatic heterocycles. The number of sulfonamides is 1. The molecule has 0 spiro atoms. The molecule has 3 rings (SSSR count). The Morgan fingerprint density at radius 2 is 1.64 bits per heavy atom. The van der Waals surface area contributed by atoms with Crippen molar-refractivity contribution < 1.29 is 13.2 Å². The van der Waals surface area contributed by atoms with Crippen molar-refractivity contribution in [1.82, 2.24) is 5.32 Å². The van der Waals surface area contributed by atoms with Crippen molar-refractivity contribution in [2.75, 3.05) is 10.8 Å². The van der Waals surface area contributed by atoms with Crippen LogP contribution in [-0.4, -0.2) is 20.9 Å². The number of nitrogens with one attached hydrogen (secondary N) is 1. The summed E-state index contributed by atoms with van der Waals surface area (Å²) in [5, 5.41) is 3.32. The molecule has 1 atom stereocenters. The lowest BCUT2D eigenvalue weighted by Crippen LogP contribution is -2.42. The van der Waals surface area contributed by atoms with Gasteiger partial charge >= 0.3 is 0 Å². The van der Waals surface area contributed by atoms with E-state index in [4.69, 9.17) is 11.6 Å². The van der Waals surface area contributed by atoms with Gasteiger partial charge in [-0.3, -0.25) is 9.10 Å². The molecule has 3 aromatic carbocycles. The number of nitrogens with zero attached hydrogens (tertiary/aromatic N) is 1. The molecular weight excluding hydrogens is 456 g/mol. The maximum Gasteiger partial charge on any atom is 0.264 e. The Bertz CT molecular complexity index is 1220. The first kappa shape index (κ1) is 24.8. The first-order valence-electron chi connectivity index (χ1n) is 10.9. The number of hydrogen-bond acceptors (Lipinski definition) is 3. The topological polar surface area (TPSA) is 66.5 Å². The second-order valence-corrected chi connectivity index (χ2v) is 10.4. The van der Waals surface area contributed by atoms with E-state index in [0.717, 1.165) is 21.9 Å². The van der Waals surface area contributed by atoms with Crippen molar-refractivity contribution in [3.63, 3.8) is 0 Å². The highest BCUT2D eigenvalue weighted by atomic mass is 35.5. The fraction of sp³-hybridized carbons (Fsp3) is 0.269. The summed E-state index contributed by atoms with van der Waals surface area (Å²) in [7, 11) is -4.00. The molecule has 1 N–H and O–H groups in total. The van der Waals surface area contributed by atoms with Gasteiger partial charge in [0.15, 0.2) is 0 Å². The van der Waals surface area contributed by atoms with Crippen molar-refractivity contribution in [2.45, 2.75) is 45.1 Å². The molecule has 0 saturated carbocycles. The van der Waals surface area contributed by atoms with Crippen LogP contribution < -0.4 is 9.62 Å². The second-order valence-electron chi connectivity index (χ2n) is 8.14. The summed E-state index contributed by atoms with van der Waals surface area (Å²) in [5.41, 5.74) is 4.18. The predicted octanol–water partition coefficient (Wildman–Crippen LogP) is 5.59. The number of anilines is 1. The third-order valence-electron chi connectivity index (χ3n) is 5.60. The predicted molar refractivity (Wildman–Crippen MR) is 134 cm³/mol. The van der Waals surface area contributed by atoms with E-state index in [1.807, 2.05) is 38.1 Å². The third-order valence-corrected chi connectivity index (χ3v) is 7.61. The third kappa shape index (κ3) is 5.95. The highest BCUT2D eigenvalue weighted by Crippen LogP contribution is 2.29. The number of carbonyl (C=O) groups is 1. The number of rotatable bonds is 8. The van der Waals surface area contributed by atoms with Crippen molar-refractivity contribution in [1.29, 1.82) is 0 Å². The van der Waals surface area contributed by atoms with Gasteiger partial charge in [-0.2, -0.15) is 0 Å². The lowest BCUT2D eigenvalue weighted by molar-refractivity contribution is -0.120. The lowest BCUT2D eigenvalue weighted by atomic mass is 10.1.